The molecule has 0 radical (unpaired) electrons. The number of rotatable bonds is 4. The van der Waals surface area contributed by atoms with Gasteiger partial charge in [0.05, 0.1) is 11.0 Å². The van der Waals surface area contributed by atoms with Crippen LogP contribution >= 0.6 is 11.3 Å². The molecule has 0 aliphatic rings. The van der Waals surface area contributed by atoms with Gasteiger partial charge in [-0.15, -0.1) is 0 Å². The molecular weight excluding hydrogens is 254 g/mol. The maximum absolute atomic E-state index is 10.9. The molecule has 0 amide bonds. The Morgan fingerprint density at radius 2 is 2.33 bits per heavy atom. The Hall–Kier alpha value is -2.22. The van der Waals surface area contributed by atoms with Crippen LogP contribution in [0, 0.1) is 10.1 Å². The predicted octanol–water partition coefficient (Wildman–Crippen LogP) is 2.20. The molecule has 8 heteroatoms. The number of hydrogen-bond acceptors (Lipinski definition) is 7. The average molecular weight is 265 g/mol. The number of aromatic nitrogens is 2. The van der Waals surface area contributed by atoms with Crippen molar-refractivity contribution >= 4 is 28.7 Å². The van der Waals surface area contributed by atoms with Crippen molar-refractivity contribution in [1.82, 2.24) is 9.97 Å². The number of nitro groups is 1. The number of nitrogens with zero attached hydrogens (tertiary/aromatic N) is 3. The van der Waals surface area contributed by atoms with Crippen molar-refractivity contribution in [2.75, 3.05) is 11.1 Å². The third-order valence-corrected chi connectivity index (χ3v) is 3.13. The SMILES string of the molecule is CC(Nc1ncnc(N)c1[N+](=O)[O-])c1ccsc1. The maximum Gasteiger partial charge on any atom is 0.353 e. The minimum Gasteiger partial charge on any atom is -0.378 e. The molecule has 94 valence electrons. The first kappa shape index (κ1) is 12.2. The van der Waals surface area contributed by atoms with Gasteiger partial charge in [-0.05, 0) is 29.3 Å². The van der Waals surface area contributed by atoms with Gasteiger partial charge in [0, 0.05) is 0 Å². The van der Waals surface area contributed by atoms with Gasteiger partial charge >= 0.3 is 5.69 Å². The predicted molar refractivity (Wildman–Crippen MR) is 69.5 cm³/mol. The van der Waals surface area contributed by atoms with Crippen LogP contribution < -0.4 is 11.1 Å². The molecule has 18 heavy (non-hydrogen) atoms. The molecule has 2 aromatic rings. The molecule has 0 aliphatic carbocycles. The van der Waals surface area contributed by atoms with Crippen LogP contribution in [0.15, 0.2) is 23.2 Å². The second-order valence-electron chi connectivity index (χ2n) is 3.64. The summed E-state index contributed by atoms with van der Waals surface area (Å²) in [5, 5.41) is 17.8. The molecule has 3 N–H and O–H groups in total. The van der Waals surface area contributed by atoms with Gasteiger partial charge in [0.2, 0.25) is 11.6 Å². The van der Waals surface area contributed by atoms with E-state index in [2.05, 4.69) is 15.3 Å². The summed E-state index contributed by atoms with van der Waals surface area (Å²) in [7, 11) is 0. The molecule has 1 unspecified atom stereocenters. The lowest BCUT2D eigenvalue weighted by molar-refractivity contribution is -0.383. The van der Waals surface area contributed by atoms with Gasteiger partial charge in [0.15, 0.2) is 0 Å². The van der Waals surface area contributed by atoms with Crippen molar-refractivity contribution in [2.45, 2.75) is 13.0 Å². The summed E-state index contributed by atoms with van der Waals surface area (Å²) >= 11 is 1.56. The van der Waals surface area contributed by atoms with E-state index in [1.807, 2.05) is 23.8 Å². The van der Waals surface area contributed by atoms with Gasteiger partial charge in [-0.1, -0.05) is 0 Å². The van der Waals surface area contributed by atoms with E-state index in [-0.39, 0.29) is 23.4 Å². The first-order valence-electron chi connectivity index (χ1n) is 5.13. The molecule has 0 saturated heterocycles. The second kappa shape index (κ2) is 4.96. The fourth-order valence-electron chi connectivity index (χ4n) is 1.49. The van der Waals surface area contributed by atoms with E-state index < -0.39 is 4.92 Å². The fourth-order valence-corrected chi connectivity index (χ4v) is 2.24. The normalized spacial score (nSPS) is 12.1. The van der Waals surface area contributed by atoms with Gasteiger partial charge in [-0.25, -0.2) is 9.97 Å². The summed E-state index contributed by atoms with van der Waals surface area (Å²) in [5.74, 6) is -0.0128. The van der Waals surface area contributed by atoms with Gasteiger partial charge in [0.25, 0.3) is 0 Å². The zero-order valence-electron chi connectivity index (χ0n) is 9.53. The highest BCUT2D eigenvalue weighted by Gasteiger charge is 2.22. The lowest BCUT2D eigenvalue weighted by atomic mass is 10.2. The van der Waals surface area contributed by atoms with Crippen molar-refractivity contribution in [3.8, 4) is 0 Å². The van der Waals surface area contributed by atoms with Crippen LogP contribution in [0.2, 0.25) is 0 Å². The Labute approximate surface area is 107 Å². The molecule has 2 heterocycles. The Morgan fingerprint density at radius 3 is 2.94 bits per heavy atom. The first-order valence-corrected chi connectivity index (χ1v) is 6.07. The molecule has 7 nitrogen and oxygen atoms in total. The van der Waals surface area contributed by atoms with Gasteiger partial charge in [-0.2, -0.15) is 11.3 Å². The van der Waals surface area contributed by atoms with Crippen molar-refractivity contribution in [3.05, 3.63) is 38.8 Å². The minimum atomic E-state index is -0.585. The summed E-state index contributed by atoms with van der Waals surface area (Å²) in [5.41, 5.74) is 6.23. The monoisotopic (exact) mass is 265 g/mol. The van der Waals surface area contributed by atoms with E-state index in [0.717, 1.165) is 5.56 Å². The number of nitrogen functional groups attached to an aromatic ring is 1. The lowest BCUT2D eigenvalue weighted by Crippen LogP contribution is -2.11. The third kappa shape index (κ3) is 2.38. The zero-order chi connectivity index (χ0) is 13.1. The van der Waals surface area contributed by atoms with Gasteiger partial charge in [0.1, 0.15) is 6.33 Å². The number of hydrogen-bond donors (Lipinski definition) is 2. The third-order valence-electron chi connectivity index (χ3n) is 2.43. The maximum atomic E-state index is 10.9. The molecule has 1 atom stereocenters. The lowest BCUT2D eigenvalue weighted by Gasteiger charge is -2.13. The van der Waals surface area contributed by atoms with Crippen LogP contribution in [-0.2, 0) is 0 Å². The van der Waals surface area contributed by atoms with Crippen LogP contribution in [0.1, 0.15) is 18.5 Å². The number of nitrogens with two attached hydrogens (primary N) is 1. The minimum absolute atomic E-state index is 0.0933. The Balaban J connectivity index is 2.29. The largest absolute Gasteiger partial charge is 0.378 e. The van der Waals surface area contributed by atoms with Crippen molar-refractivity contribution in [2.24, 2.45) is 0 Å². The van der Waals surface area contributed by atoms with Crippen molar-refractivity contribution < 1.29 is 4.92 Å². The Bertz CT molecular complexity index is 557. The Kier molecular flexibility index (Phi) is 3.38. The van der Waals surface area contributed by atoms with E-state index in [1.54, 1.807) is 11.3 Å². The molecule has 0 saturated carbocycles. The number of anilines is 2. The number of nitrogens with one attached hydrogen (secondary N) is 1. The smallest absolute Gasteiger partial charge is 0.353 e. The highest BCUT2D eigenvalue weighted by atomic mass is 32.1. The second-order valence-corrected chi connectivity index (χ2v) is 4.42. The van der Waals surface area contributed by atoms with E-state index in [4.69, 9.17) is 5.73 Å². The Morgan fingerprint density at radius 1 is 1.56 bits per heavy atom. The van der Waals surface area contributed by atoms with Gasteiger partial charge < -0.3 is 11.1 Å². The molecule has 0 aromatic carbocycles. The van der Waals surface area contributed by atoms with Crippen LogP contribution in [0.3, 0.4) is 0 Å². The number of thiophene rings is 1. The summed E-state index contributed by atoms with van der Waals surface area (Å²) in [6.45, 7) is 1.89. The topological polar surface area (TPSA) is 107 Å². The highest BCUT2D eigenvalue weighted by Crippen LogP contribution is 2.29. The van der Waals surface area contributed by atoms with E-state index in [9.17, 15) is 10.1 Å². The molecule has 0 bridgehead atoms. The molecule has 0 aliphatic heterocycles. The molecule has 0 fully saturated rings. The van der Waals surface area contributed by atoms with Crippen LogP contribution in [0.25, 0.3) is 0 Å². The van der Waals surface area contributed by atoms with Crippen molar-refractivity contribution in [3.63, 3.8) is 0 Å². The standard InChI is InChI=1S/C10H11N5O2S/c1-6(7-2-3-18-4-7)14-10-8(15(16)17)9(11)12-5-13-10/h2-6H,1H3,(H3,11,12,13,14). The molecular formula is C10H11N5O2S. The molecule has 2 rings (SSSR count). The first-order chi connectivity index (χ1) is 8.59. The molecule has 0 spiro atoms. The van der Waals surface area contributed by atoms with E-state index in [1.165, 1.54) is 6.33 Å². The van der Waals surface area contributed by atoms with Crippen LogP contribution in [0.4, 0.5) is 17.3 Å². The highest BCUT2D eigenvalue weighted by molar-refractivity contribution is 7.07. The van der Waals surface area contributed by atoms with E-state index in [0.29, 0.717) is 0 Å². The van der Waals surface area contributed by atoms with Gasteiger partial charge in [-0.3, -0.25) is 10.1 Å². The van der Waals surface area contributed by atoms with Crippen LogP contribution in [-0.4, -0.2) is 14.9 Å². The fraction of sp³-hybridized carbons (Fsp3) is 0.200. The molecule has 2 aromatic heterocycles. The summed E-state index contributed by atoms with van der Waals surface area (Å²) in [6.07, 6.45) is 1.20. The average Bonchev–Trinajstić information content (AvgIpc) is 2.81. The summed E-state index contributed by atoms with van der Waals surface area (Å²) in [4.78, 5) is 17.8. The van der Waals surface area contributed by atoms with E-state index >= 15 is 0 Å². The van der Waals surface area contributed by atoms with Crippen molar-refractivity contribution in [1.29, 1.82) is 0 Å². The quantitative estimate of drug-likeness (QED) is 0.648. The van der Waals surface area contributed by atoms with Crippen LogP contribution in [0.5, 0.6) is 0 Å². The summed E-state index contributed by atoms with van der Waals surface area (Å²) in [6, 6.07) is 1.85. The summed E-state index contributed by atoms with van der Waals surface area (Å²) < 4.78 is 0. The zero-order valence-corrected chi connectivity index (χ0v) is 10.3.